The first kappa shape index (κ1) is 23.7. The molecule has 0 aliphatic rings. The van der Waals surface area contributed by atoms with Crippen molar-refractivity contribution in [1.29, 1.82) is 0 Å². The summed E-state index contributed by atoms with van der Waals surface area (Å²) in [6, 6.07) is 12.0. The zero-order valence-corrected chi connectivity index (χ0v) is 18.1. The number of hydrogen-bond acceptors (Lipinski definition) is 5. The molecule has 0 saturated carbocycles. The first-order valence-corrected chi connectivity index (χ1v) is 9.93. The Kier molecular flexibility index (Phi) is 6.92. The number of nitrogens with zero attached hydrogens (tertiary/aromatic N) is 3. The highest BCUT2D eigenvalue weighted by molar-refractivity contribution is 5.85. The second-order valence-corrected chi connectivity index (χ2v) is 7.31. The fraction of sp³-hybridized carbons (Fsp3) is 0.261. The molecule has 0 unspecified atom stereocenters. The molecule has 1 heterocycles. The Balaban J connectivity index is 1.64. The van der Waals surface area contributed by atoms with Gasteiger partial charge < -0.3 is 9.47 Å². The molecule has 3 rings (SSSR count). The van der Waals surface area contributed by atoms with Crippen LogP contribution in [0.5, 0.6) is 5.75 Å². The van der Waals surface area contributed by atoms with Gasteiger partial charge in [-0.05, 0) is 62.4 Å². The van der Waals surface area contributed by atoms with Crippen LogP contribution < -0.4 is 10.1 Å². The van der Waals surface area contributed by atoms with Crippen molar-refractivity contribution in [2.24, 2.45) is 0 Å². The minimum atomic E-state index is -4.75. The van der Waals surface area contributed by atoms with Gasteiger partial charge in [0.15, 0.2) is 11.4 Å². The monoisotopic (exact) mass is 458 g/mol. The summed E-state index contributed by atoms with van der Waals surface area (Å²) < 4.78 is 47.5. The lowest BCUT2D eigenvalue weighted by molar-refractivity contribution is -0.274. The molecule has 0 radical (unpaired) electrons. The molecule has 2 aromatic carbocycles. The van der Waals surface area contributed by atoms with Crippen molar-refractivity contribution in [2.75, 3.05) is 5.32 Å². The van der Waals surface area contributed by atoms with Crippen LogP contribution in [0.1, 0.15) is 27.2 Å². The highest BCUT2D eigenvalue weighted by Gasteiger charge is 2.31. The van der Waals surface area contributed by atoms with E-state index in [4.69, 9.17) is 4.74 Å². The number of rotatable bonds is 5. The summed E-state index contributed by atoms with van der Waals surface area (Å²) in [7, 11) is 0. The van der Waals surface area contributed by atoms with Crippen LogP contribution in [0, 0.1) is 11.8 Å². The summed E-state index contributed by atoms with van der Waals surface area (Å²) in [6.07, 6.45) is -3.27. The summed E-state index contributed by atoms with van der Waals surface area (Å²) in [6.45, 7) is 5.32. The molecular formula is C23H21F3N4O3. The number of anilines is 1. The Labute approximate surface area is 188 Å². The number of ether oxygens (including phenoxy) is 2. The molecule has 0 spiro atoms. The van der Waals surface area contributed by atoms with Crippen LogP contribution in [0.3, 0.4) is 0 Å². The van der Waals surface area contributed by atoms with E-state index in [2.05, 4.69) is 32.0 Å². The van der Waals surface area contributed by atoms with Crippen molar-refractivity contribution in [3.05, 3.63) is 54.9 Å². The van der Waals surface area contributed by atoms with Gasteiger partial charge in [0.05, 0.1) is 5.69 Å². The highest BCUT2D eigenvalue weighted by Crippen LogP contribution is 2.24. The second kappa shape index (κ2) is 9.65. The number of hydrogen-bond donors (Lipinski definition) is 1. The lowest BCUT2D eigenvalue weighted by Crippen LogP contribution is -2.29. The van der Waals surface area contributed by atoms with E-state index in [1.807, 2.05) is 6.92 Å². The third-order valence-corrected chi connectivity index (χ3v) is 4.13. The smallest absolute Gasteiger partial charge is 0.430 e. The number of amides is 1. The molecule has 0 aliphatic heterocycles. The van der Waals surface area contributed by atoms with Gasteiger partial charge in [0.25, 0.3) is 0 Å². The molecule has 3 aromatic rings. The molecule has 1 amide bonds. The Morgan fingerprint density at radius 2 is 1.76 bits per heavy atom. The van der Waals surface area contributed by atoms with Gasteiger partial charge in [-0.2, -0.15) is 0 Å². The van der Waals surface area contributed by atoms with E-state index >= 15 is 0 Å². The third-order valence-electron chi connectivity index (χ3n) is 4.13. The predicted molar refractivity (Wildman–Crippen MR) is 116 cm³/mol. The maximum absolute atomic E-state index is 12.3. The Morgan fingerprint density at radius 1 is 1.09 bits per heavy atom. The summed E-state index contributed by atoms with van der Waals surface area (Å²) in [5.74, 6) is 5.84. The number of halogens is 3. The summed E-state index contributed by atoms with van der Waals surface area (Å²) in [5.41, 5.74) is 0.799. The molecule has 0 fully saturated rings. The van der Waals surface area contributed by atoms with Crippen LogP contribution in [0.4, 0.5) is 23.7 Å². The Hall–Kier alpha value is -4.00. The fourth-order valence-electron chi connectivity index (χ4n) is 2.72. The van der Waals surface area contributed by atoms with E-state index < -0.39 is 18.1 Å². The molecule has 0 aliphatic carbocycles. The standard InChI is InChI=1S/C23H21F3N4O3/c1-4-5-14-22(2,3)33-21(31)28-17-8-6-16(7-9-17)20-27-15-30(29-20)18-10-12-19(13-11-18)32-23(24,25)26/h6-13,15H,4H2,1-3H3,(H,28,31). The molecule has 1 aromatic heterocycles. The zero-order valence-electron chi connectivity index (χ0n) is 18.1. The summed E-state index contributed by atoms with van der Waals surface area (Å²) in [5, 5.41) is 6.98. The second-order valence-electron chi connectivity index (χ2n) is 7.31. The van der Waals surface area contributed by atoms with Gasteiger partial charge in [-0.1, -0.05) is 18.8 Å². The van der Waals surface area contributed by atoms with Crippen molar-refractivity contribution >= 4 is 11.8 Å². The minimum Gasteiger partial charge on any atom is -0.430 e. The zero-order chi connectivity index (χ0) is 24.1. The van der Waals surface area contributed by atoms with Crippen LogP contribution >= 0.6 is 0 Å². The maximum atomic E-state index is 12.3. The van der Waals surface area contributed by atoms with Crippen LogP contribution in [0.2, 0.25) is 0 Å². The molecule has 1 N–H and O–H groups in total. The van der Waals surface area contributed by atoms with Gasteiger partial charge in [-0.3, -0.25) is 5.32 Å². The number of alkyl halides is 3. The minimum absolute atomic E-state index is 0.325. The lowest BCUT2D eigenvalue weighted by atomic mass is 10.1. The molecular weight excluding hydrogens is 437 g/mol. The summed E-state index contributed by atoms with van der Waals surface area (Å²) >= 11 is 0. The van der Waals surface area contributed by atoms with Crippen LogP contribution in [-0.4, -0.2) is 32.8 Å². The van der Waals surface area contributed by atoms with Crippen molar-refractivity contribution in [2.45, 2.75) is 39.2 Å². The van der Waals surface area contributed by atoms with Crippen LogP contribution in [-0.2, 0) is 4.74 Å². The van der Waals surface area contributed by atoms with E-state index in [9.17, 15) is 18.0 Å². The van der Waals surface area contributed by atoms with Gasteiger partial charge in [0, 0.05) is 17.7 Å². The van der Waals surface area contributed by atoms with Crippen LogP contribution in [0.15, 0.2) is 54.9 Å². The van der Waals surface area contributed by atoms with E-state index in [1.54, 1.807) is 38.1 Å². The molecule has 10 heteroatoms. The number of aromatic nitrogens is 3. The molecule has 0 saturated heterocycles. The van der Waals surface area contributed by atoms with E-state index in [1.165, 1.54) is 35.3 Å². The van der Waals surface area contributed by atoms with Gasteiger partial charge in [0.2, 0.25) is 0 Å². The Bertz CT molecular complexity index is 1160. The quantitative estimate of drug-likeness (QED) is 0.506. The maximum Gasteiger partial charge on any atom is 0.573 e. The lowest BCUT2D eigenvalue weighted by Gasteiger charge is -2.19. The average Bonchev–Trinajstić information content (AvgIpc) is 3.22. The van der Waals surface area contributed by atoms with Crippen molar-refractivity contribution < 1.29 is 27.4 Å². The van der Waals surface area contributed by atoms with Gasteiger partial charge in [-0.25, -0.2) is 14.5 Å². The number of benzene rings is 2. The van der Waals surface area contributed by atoms with Crippen molar-refractivity contribution in [3.63, 3.8) is 0 Å². The van der Waals surface area contributed by atoms with Gasteiger partial charge >= 0.3 is 12.5 Å². The first-order valence-electron chi connectivity index (χ1n) is 9.93. The third kappa shape index (κ3) is 7.00. The average molecular weight is 458 g/mol. The van der Waals surface area contributed by atoms with E-state index in [-0.39, 0.29) is 5.75 Å². The van der Waals surface area contributed by atoms with Gasteiger partial charge in [0.1, 0.15) is 12.1 Å². The largest absolute Gasteiger partial charge is 0.573 e. The number of carbonyl (C=O) groups excluding carboxylic acids is 1. The fourth-order valence-corrected chi connectivity index (χ4v) is 2.72. The summed E-state index contributed by atoms with van der Waals surface area (Å²) in [4.78, 5) is 16.3. The Morgan fingerprint density at radius 3 is 2.36 bits per heavy atom. The highest BCUT2D eigenvalue weighted by atomic mass is 19.4. The molecule has 33 heavy (non-hydrogen) atoms. The van der Waals surface area contributed by atoms with Crippen LogP contribution in [0.25, 0.3) is 17.1 Å². The molecule has 0 atom stereocenters. The molecule has 0 bridgehead atoms. The molecule has 7 nitrogen and oxygen atoms in total. The first-order chi connectivity index (χ1) is 15.5. The molecule has 172 valence electrons. The predicted octanol–water partition coefficient (Wildman–Crippen LogP) is 5.57. The van der Waals surface area contributed by atoms with Gasteiger partial charge in [-0.15, -0.1) is 18.3 Å². The normalized spacial score (nSPS) is 11.3. The van der Waals surface area contributed by atoms with E-state index in [0.29, 0.717) is 29.2 Å². The number of nitrogens with one attached hydrogen (secondary N) is 1. The van der Waals surface area contributed by atoms with Crippen molar-refractivity contribution in [3.8, 4) is 34.7 Å². The SMILES string of the molecule is CCC#CC(C)(C)OC(=O)Nc1ccc(-c2ncn(-c3ccc(OC(F)(F)F)cc3)n2)cc1. The van der Waals surface area contributed by atoms with Crippen molar-refractivity contribution in [1.82, 2.24) is 14.8 Å². The van der Waals surface area contributed by atoms with E-state index in [0.717, 1.165) is 0 Å². The number of carbonyl (C=O) groups is 1. The topological polar surface area (TPSA) is 78.3 Å².